The van der Waals surface area contributed by atoms with Crippen molar-refractivity contribution >= 4 is 23.7 Å². The summed E-state index contributed by atoms with van der Waals surface area (Å²) in [5.74, 6) is 8.99. The SMILES string of the molecule is CCO.CCOC(=O)c1oc(COc2ccccc2)nc1CCCN1C(=O)c2ccccc2C1=O.NN.O=C1NCCCc2nc(COc3ccccc3)oc21. The summed E-state index contributed by atoms with van der Waals surface area (Å²) < 4.78 is 27.3. The van der Waals surface area contributed by atoms with E-state index in [0.717, 1.165) is 24.3 Å². The fourth-order valence-electron chi connectivity index (χ4n) is 5.51. The molecule has 56 heavy (non-hydrogen) atoms. The fraction of sp³-hybridized carbons (Fsp3) is 0.300. The minimum atomic E-state index is -0.610. The number of carbonyl (C=O) groups excluding carboxylic acids is 4. The highest BCUT2D eigenvalue weighted by Crippen LogP contribution is 2.24. The number of amides is 3. The molecule has 0 saturated carbocycles. The number of aliphatic hydroxyl groups is 1. The first-order valence-corrected chi connectivity index (χ1v) is 18.0. The number of hydrogen-bond acceptors (Lipinski definition) is 14. The number of rotatable bonds is 12. The van der Waals surface area contributed by atoms with Crippen LogP contribution in [0.4, 0.5) is 0 Å². The van der Waals surface area contributed by atoms with Crippen LogP contribution in [-0.4, -0.2) is 70.0 Å². The molecule has 0 saturated heterocycles. The zero-order chi connectivity index (χ0) is 40.3. The minimum Gasteiger partial charge on any atom is -0.484 e. The third-order valence-electron chi connectivity index (χ3n) is 7.91. The van der Waals surface area contributed by atoms with Crippen molar-refractivity contribution in [1.82, 2.24) is 20.2 Å². The summed E-state index contributed by atoms with van der Waals surface area (Å²) in [7, 11) is 0. The Labute approximate surface area is 323 Å². The van der Waals surface area contributed by atoms with Crippen LogP contribution in [0, 0.1) is 0 Å². The molecule has 2 aliphatic rings. The number of fused-ring (bicyclic) bond motifs is 2. The molecule has 7 rings (SSSR count). The van der Waals surface area contributed by atoms with Gasteiger partial charge >= 0.3 is 5.97 Å². The monoisotopic (exact) mass is 770 g/mol. The highest BCUT2D eigenvalue weighted by molar-refractivity contribution is 6.21. The van der Waals surface area contributed by atoms with Gasteiger partial charge in [-0.15, -0.1) is 0 Å². The van der Waals surface area contributed by atoms with Crippen molar-refractivity contribution in [2.24, 2.45) is 11.7 Å². The largest absolute Gasteiger partial charge is 0.484 e. The maximum absolute atomic E-state index is 12.5. The number of aromatic nitrogens is 2. The summed E-state index contributed by atoms with van der Waals surface area (Å²) in [6.07, 6.45) is 2.38. The lowest BCUT2D eigenvalue weighted by molar-refractivity contribution is 0.0482. The predicted octanol–water partition coefficient (Wildman–Crippen LogP) is 4.41. The molecule has 0 spiro atoms. The van der Waals surface area contributed by atoms with E-state index in [1.54, 1.807) is 50.2 Å². The molecule has 3 amide bonds. The number of esters is 1. The quantitative estimate of drug-likeness (QED) is 0.0596. The summed E-state index contributed by atoms with van der Waals surface area (Å²) in [5, 5.41) is 10.3. The number of aryl methyl sites for hydroxylation is 2. The smallest absolute Gasteiger partial charge is 0.376 e. The molecule has 0 atom stereocenters. The number of nitrogens with two attached hydrogens (primary N) is 2. The number of nitrogens with zero attached hydrogens (tertiary/aromatic N) is 3. The van der Waals surface area contributed by atoms with Crippen molar-refractivity contribution < 1.29 is 47.3 Å². The lowest BCUT2D eigenvalue weighted by Crippen LogP contribution is -2.31. The fourth-order valence-corrected chi connectivity index (χ4v) is 5.51. The molecule has 5 aromatic rings. The second-order valence-electron chi connectivity index (χ2n) is 11.8. The van der Waals surface area contributed by atoms with Crippen LogP contribution in [0.15, 0.2) is 93.8 Å². The molecule has 6 N–H and O–H groups in total. The van der Waals surface area contributed by atoms with Gasteiger partial charge in [0.25, 0.3) is 17.7 Å². The molecule has 16 heteroatoms. The zero-order valence-corrected chi connectivity index (χ0v) is 31.3. The number of ether oxygens (including phenoxy) is 3. The molecule has 16 nitrogen and oxygen atoms in total. The molecule has 2 aromatic heterocycles. The Morgan fingerprint density at radius 1 is 0.821 bits per heavy atom. The van der Waals surface area contributed by atoms with Crippen LogP contribution in [0.3, 0.4) is 0 Å². The summed E-state index contributed by atoms with van der Waals surface area (Å²) in [6, 6.07) is 25.4. The predicted molar refractivity (Wildman–Crippen MR) is 202 cm³/mol. The molecule has 0 fully saturated rings. The number of hydrazine groups is 1. The van der Waals surface area contributed by atoms with Gasteiger partial charge in [-0.25, -0.2) is 14.8 Å². The maximum atomic E-state index is 12.5. The first kappa shape index (κ1) is 42.4. The van der Waals surface area contributed by atoms with Crippen LogP contribution in [0.2, 0.25) is 0 Å². The first-order valence-electron chi connectivity index (χ1n) is 18.0. The lowest BCUT2D eigenvalue weighted by Gasteiger charge is -2.13. The minimum absolute atomic E-state index is 0.0147. The molecule has 0 radical (unpaired) electrons. The number of oxazole rings is 2. The van der Waals surface area contributed by atoms with Gasteiger partial charge in [0.05, 0.1) is 29.1 Å². The van der Waals surface area contributed by atoms with Gasteiger partial charge in [-0.3, -0.25) is 31.0 Å². The summed E-state index contributed by atoms with van der Waals surface area (Å²) >= 11 is 0. The Bertz CT molecular complexity index is 1980. The van der Waals surface area contributed by atoms with Crippen LogP contribution >= 0.6 is 0 Å². The van der Waals surface area contributed by atoms with E-state index in [1.807, 2.05) is 48.5 Å². The van der Waals surface area contributed by atoms with E-state index in [0.29, 0.717) is 53.6 Å². The molecule has 2 aliphatic heterocycles. The summed E-state index contributed by atoms with van der Waals surface area (Å²) in [5.41, 5.74) is 1.95. The molecular formula is C40H46N6O10. The number of para-hydroxylation sites is 2. The standard InChI is InChI=1S/C24H22N2O6.C14H14N2O3.C2H6O.H4N2/c1-2-30-24(29)21-19(25-20(32-21)15-31-16-9-4-3-5-10-16)13-8-14-26-22(27)17-11-6-7-12-18(17)23(26)28;17-14-13-11(7-4-8-15-14)16-12(19-13)9-18-10-5-2-1-3-6-10;1-2-3;1-2/h3-7,9-12H,2,8,13-15H2,1H3;1-3,5-6H,4,7-9H2,(H,15,17);3H,2H2,1H3;1-2H2. The summed E-state index contributed by atoms with van der Waals surface area (Å²) in [6.45, 7) is 4.98. The van der Waals surface area contributed by atoms with Gasteiger partial charge in [0.2, 0.25) is 23.3 Å². The Balaban J connectivity index is 0.000000246. The molecule has 0 unspecified atom stereocenters. The number of hydrogen-bond donors (Lipinski definition) is 4. The second-order valence-corrected chi connectivity index (χ2v) is 11.8. The van der Waals surface area contributed by atoms with E-state index in [9.17, 15) is 19.2 Å². The van der Waals surface area contributed by atoms with E-state index in [4.69, 9.17) is 28.2 Å². The van der Waals surface area contributed by atoms with Gasteiger partial charge in [-0.1, -0.05) is 48.5 Å². The third kappa shape index (κ3) is 11.6. The number of carbonyl (C=O) groups is 4. The normalized spacial score (nSPS) is 12.6. The number of benzene rings is 3. The average molecular weight is 771 g/mol. The van der Waals surface area contributed by atoms with Gasteiger partial charge in [-0.05, 0) is 75.9 Å². The van der Waals surface area contributed by atoms with Crippen molar-refractivity contribution in [1.29, 1.82) is 0 Å². The first-order chi connectivity index (χ1) is 27.3. The molecular weight excluding hydrogens is 724 g/mol. The second kappa shape index (κ2) is 22.1. The average Bonchev–Trinajstić information content (AvgIpc) is 3.87. The molecule has 4 heterocycles. The van der Waals surface area contributed by atoms with Gasteiger partial charge in [0.1, 0.15) is 11.5 Å². The Kier molecular flexibility index (Phi) is 16.7. The highest BCUT2D eigenvalue weighted by atomic mass is 16.5. The number of aliphatic hydroxyl groups excluding tert-OH is 1. The van der Waals surface area contributed by atoms with Crippen molar-refractivity contribution in [3.63, 3.8) is 0 Å². The lowest BCUT2D eigenvalue weighted by atomic mass is 10.1. The Morgan fingerprint density at radius 2 is 1.36 bits per heavy atom. The Morgan fingerprint density at radius 3 is 1.91 bits per heavy atom. The van der Waals surface area contributed by atoms with Gasteiger partial charge in [0.15, 0.2) is 13.2 Å². The van der Waals surface area contributed by atoms with Gasteiger partial charge < -0.3 is 33.5 Å². The van der Waals surface area contributed by atoms with E-state index in [-0.39, 0.29) is 62.3 Å². The van der Waals surface area contributed by atoms with Gasteiger partial charge in [0, 0.05) is 19.7 Å². The van der Waals surface area contributed by atoms with Crippen LogP contribution < -0.4 is 26.5 Å². The highest BCUT2D eigenvalue weighted by Gasteiger charge is 2.34. The molecule has 3 aromatic carbocycles. The number of imide groups is 1. The van der Waals surface area contributed by atoms with E-state index < -0.39 is 5.97 Å². The summed E-state index contributed by atoms with van der Waals surface area (Å²) in [4.78, 5) is 59.0. The van der Waals surface area contributed by atoms with Crippen LogP contribution in [0.5, 0.6) is 11.5 Å². The van der Waals surface area contributed by atoms with Crippen molar-refractivity contribution in [2.45, 2.75) is 52.7 Å². The number of nitrogens with one attached hydrogen (secondary N) is 1. The third-order valence-corrected chi connectivity index (χ3v) is 7.91. The van der Waals surface area contributed by atoms with Crippen molar-refractivity contribution in [2.75, 3.05) is 26.3 Å². The molecule has 0 bridgehead atoms. The van der Waals surface area contributed by atoms with Crippen molar-refractivity contribution in [3.8, 4) is 11.5 Å². The van der Waals surface area contributed by atoms with Crippen LogP contribution in [-0.2, 0) is 30.8 Å². The van der Waals surface area contributed by atoms with E-state index >= 15 is 0 Å². The Hall–Kier alpha value is -6.36. The van der Waals surface area contributed by atoms with E-state index in [1.165, 1.54) is 4.90 Å². The molecule has 296 valence electrons. The maximum Gasteiger partial charge on any atom is 0.376 e. The van der Waals surface area contributed by atoms with Gasteiger partial charge in [-0.2, -0.15) is 0 Å². The topological polar surface area (TPSA) is 236 Å². The van der Waals surface area contributed by atoms with Crippen molar-refractivity contribution in [3.05, 3.63) is 131 Å². The zero-order valence-electron chi connectivity index (χ0n) is 31.3. The van der Waals surface area contributed by atoms with Crippen LogP contribution in [0.1, 0.15) is 91.7 Å². The van der Waals surface area contributed by atoms with Crippen LogP contribution in [0.25, 0.3) is 0 Å². The molecule has 0 aliphatic carbocycles. The van der Waals surface area contributed by atoms with E-state index in [2.05, 4.69) is 27.0 Å².